The molecule has 2 amide bonds. The van der Waals surface area contributed by atoms with Crippen molar-refractivity contribution >= 4 is 35.0 Å². The fourth-order valence-electron chi connectivity index (χ4n) is 3.39. The van der Waals surface area contributed by atoms with Gasteiger partial charge in [-0.15, -0.1) is 11.8 Å². The largest absolute Gasteiger partial charge is 0.345 e. The fourth-order valence-corrected chi connectivity index (χ4v) is 4.40. The Balaban J connectivity index is 1.96. The maximum absolute atomic E-state index is 12.3. The fraction of sp³-hybridized carbons (Fsp3) is 0.348. The normalized spacial score (nSPS) is 10.6. The van der Waals surface area contributed by atoms with E-state index >= 15 is 0 Å². The van der Waals surface area contributed by atoms with Gasteiger partial charge in [0.05, 0.1) is 5.75 Å². The lowest BCUT2D eigenvalue weighted by Gasteiger charge is -2.15. The number of Topliss-reactive ketones (excluding diaryl/α,β-unsaturated/α-hetero) is 1. The Morgan fingerprint density at radius 1 is 1.00 bits per heavy atom. The first kappa shape index (κ1) is 22.7. The van der Waals surface area contributed by atoms with E-state index in [9.17, 15) is 14.4 Å². The Labute approximate surface area is 176 Å². The van der Waals surface area contributed by atoms with Crippen molar-refractivity contribution in [2.24, 2.45) is 0 Å². The summed E-state index contributed by atoms with van der Waals surface area (Å²) in [7, 11) is 3.40. The number of thioether (sulfide) groups is 1. The van der Waals surface area contributed by atoms with Crippen molar-refractivity contribution in [3.8, 4) is 0 Å². The van der Waals surface area contributed by atoms with E-state index in [1.54, 1.807) is 45.3 Å². The predicted octanol–water partition coefficient (Wildman–Crippen LogP) is 4.39. The molecule has 0 aliphatic heterocycles. The molecule has 2 aromatic rings. The third-order valence-electron chi connectivity index (χ3n) is 4.78. The van der Waals surface area contributed by atoms with Gasteiger partial charge in [0.1, 0.15) is 0 Å². The molecule has 0 bridgehead atoms. The lowest BCUT2D eigenvalue weighted by Crippen LogP contribution is -2.21. The minimum atomic E-state index is -0.101. The van der Waals surface area contributed by atoms with Crippen LogP contribution in [0.25, 0.3) is 0 Å². The molecular formula is C23H28N2O3S. The van der Waals surface area contributed by atoms with Gasteiger partial charge in [0.2, 0.25) is 5.91 Å². The molecule has 0 saturated carbocycles. The number of amides is 2. The van der Waals surface area contributed by atoms with Gasteiger partial charge < -0.3 is 10.2 Å². The number of carbonyl (C=O) groups excluding carboxylic acids is 3. The smallest absolute Gasteiger partial charge is 0.253 e. The molecule has 5 nitrogen and oxygen atoms in total. The lowest BCUT2D eigenvalue weighted by atomic mass is 9.92. The number of nitrogens with one attached hydrogen (secondary N) is 1. The van der Waals surface area contributed by atoms with E-state index in [0.717, 1.165) is 27.8 Å². The number of carbonyl (C=O) groups is 3. The van der Waals surface area contributed by atoms with Crippen molar-refractivity contribution in [3.63, 3.8) is 0 Å². The van der Waals surface area contributed by atoms with Crippen molar-refractivity contribution in [2.75, 3.05) is 25.2 Å². The van der Waals surface area contributed by atoms with E-state index in [0.29, 0.717) is 22.8 Å². The van der Waals surface area contributed by atoms with E-state index in [-0.39, 0.29) is 17.6 Å². The number of aryl methyl sites for hydroxylation is 2. The zero-order valence-corrected chi connectivity index (χ0v) is 18.7. The van der Waals surface area contributed by atoms with Gasteiger partial charge in [0, 0.05) is 36.7 Å². The molecule has 0 fully saturated rings. The summed E-state index contributed by atoms with van der Waals surface area (Å²) < 4.78 is 0. The van der Waals surface area contributed by atoms with Crippen LogP contribution in [0.4, 0.5) is 5.69 Å². The number of hydrogen-bond acceptors (Lipinski definition) is 4. The zero-order chi connectivity index (χ0) is 21.7. The molecular weight excluding hydrogens is 384 g/mol. The molecule has 0 atom stereocenters. The van der Waals surface area contributed by atoms with E-state index in [1.165, 1.54) is 16.7 Å². The van der Waals surface area contributed by atoms with Gasteiger partial charge >= 0.3 is 0 Å². The number of anilines is 1. The second kappa shape index (κ2) is 9.74. The Morgan fingerprint density at radius 2 is 1.62 bits per heavy atom. The van der Waals surface area contributed by atoms with Gasteiger partial charge in [-0.05, 0) is 74.2 Å². The maximum Gasteiger partial charge on any atom is 0.253 e. The van der Waals surface area contributed by atoms with Crippen LogP contribution >= 0.6 is 11.8 Å². The molecule has 0 saturated heterocycles. The van der Waals surface area contributed by atoms with Crippen LogP contribution in [-0.2, 0) is 10.5 Å². The van der Waals surface area contributed by atoms with Gasteiger partial charge in [-0.25, -0.2) is 0 Å². The molecule has 1 N–H and O–H groups in total. The Morgan fingerprint density at radius 3 is 2.17 bits per heavy atom. The first-order chi connectivity index (χ1) is 13.6. The summed E-state index contributed by atoms with van der Waals surface area (Å²) in [6.07, 6.45) is 0. The molecule has 2 aromatic carbocycles. The number of rotatable bonds is 7. The van der Waals surface area contributed by atoms with Crippen LogP contribution < -0.4 is 5.32 Å². The van der Waals surface area contributed by atoms with Crippen LogP contribution in [0.5, 0.6) is 0 Å². The van der Waals surface area contributed by atoms with Gasteiger partial charge in [-0.3, -0.25) is 14.4 Å². The van der Waals surface area contributed by atoms with Crippen molar-refractivity contribution in [2.45, 2.75) is 33.4 Å². The zero-order valence-electron chi connectivity index (χ0n) is 17.9. The summed E-state index contributed by atoms with van der Waals surface area (Å²) in [6, 6.07) is 8.90. The molecule has 0 heterocycles. The van der Waals surface area contributed by atoms with Gasteiger partial charge in [0.15, 0.2) is 5.78 Å². The van der Waals surface area contributed by atoms with Crippen molar-refractivity contribution in [1.82, 2.24) is 4.90 Å². The molecule has 154 valence electrons. The number of nitrogens with zero attached hydrogens (tertiary/aromatic N) is 1. The van der Waals surface area contributed by atoms with E-state index < -0.39 is 0 Å². The molecule has 0 unspecified atom stereocenters. The maximum atomic E-state index is 12.3. The third-order valence-corrected chi connectivity index (χ3v) is 5.74. The van der Waals surface area contributed by atoms with Gasteiger partial charge in [0.25, 0.3) is 5.91 Å². The van der Waals surface area contributed by atoms with E-state index in [1.807, 2.05) is 26.8 Å². The second-order valence-electron chi connectivity index (χ2n) is 7.36. The monoisotopic (exact) mass is 412 g/mol. The average molecular weight is 413 g/mol. The molecule has 0 aliphatic carbocycles. The van der Waals surface area contributed by atoms with Crippen LogP contribution in [0, 0.1) is 20.8 Å². The van der Waals surface area contributed by atoms with Crippen molar-refractivity contribution in [3.05, 3.63) is 63.7 Å². The first-order valence-corrected chi connectivity index (χ1v) is 10.6. The van der Waals surface area contributed by atoms with Crippen LogP contribution in [-0.4, -0.2) is 42.3 Å². The SMILES string of the molecule is CC(=O)c1c(C)cc(C)c(CSCC(=O)Nc2ccc(C(=O)N(C)C)cc2)c1C. The molecule has 29 heavy (non-hydrogen) atoms. The highest BCUT2D eigenvalue weighted by molar-refractivity contribution is 7.99. The summed E-state index contributed by atoms with van der Waals surface area (Å²) in [5, 5.41) is 2.85. The lowest BCUT2D eigenvalue weighted by molar-refractivity contribution is -0.113. The van der Waals surface area contributed by atoms with Crippen LogP contribution in [0.2, 0.25) is 0 Å². The number of hydrogen-bond donors (Lipinski definition) is 1. The number of ketones is 1. The Bertz CT molecular complexity index is 934. The third kappa shape index (κ3) is 5.70. The summed E-state index contributed by atoms with van der Waals surface area (Å²) in [4.78, 5) is 37.6. The van der Waals surface area contributed by atoms with Crippen molar-refractivity contribution < 1.29 is 14.4 Å². The highest BCUT2D eigenvalue weighted by Gasteiger charge is 2.15. The summed E-state index contributed by atoms with van der Waals surface area (Å²) in [6.45, 7) is 7.56. The Kier molecular flexibility index (Phi) is 7.62. The van der Waals surface area contributed by atoms with E-state index in [2.05, 4.69) is 5.32 Å². The summed E-state index contributed by atoms with van der Waals surface area (Å²) >= 11 is 1.52. The molecule has 0 aliphatic rings. The van der Waals surface area contributed by atoms with E-state index in [4.69, 9.17) is 0 Å². The molecule has 2 rings (SSSR count). The molecule has 0 spiro atoms. The Hall–Kier alpha value is -2.60. The van der Waals surface area contributed by atoms with Crippen LogP contribution in [0.3, 0.4) is 0 Å². The minimum absolute atomic E-state index is 0.0696. The predicted molar refractivity (Wildman–Crippen MR) is 120 cm³/mol. The first-order valence-electron chi connectivity index (χ1n) is 9.41. The van der Waals surface area contributed by atoms with Crippen LogP contribution in [0.1, 0.15) is 49.9 Å². The van der Waals surface area contributed by atoms with Crippen molar-refractivity contribution in [1.29, 1.82) is 0 Å². The van der Waals surface area contributed by atoms with Gasteiger partial charge in [-0.1, -0.05) is 6.07 Å². The second-order valence-corrected chi connectivity index (χ2v) is 8.35. The summed E-state index contributed by atoms with van der Waals surface area (Å²) in [5.41, 5.74) is 6.27. The summed E-state index contributed by atoms with van der Waals surface area (Å²) in [5.74, 6) is 0.867. The minimum Gasteiger partial charge on any atom is -0.345 e. The number of benzene rings is 2. The standard InChI is InChI=1S/C23H28N2O3S/c1-14-11-15(2)22(17(4)26)16(3)20(14)12-29-13-21(27)24-19-9-7-18(8-10-19)23(28)25(5)6/h7-11H,12-13H2,1-6H3,(H,24,27). The molecule has 0 aromatic heterocycles. The average Bonchev–Trinajstić information content (AvgIpc) is 2.63. The topological polar surface area (TPSA) is 66.5 Å². The quantitative estimate of drug-likeness (QED) is 0.685. The molecule has 0 radical (unpaired) electrons. The van der Waals surface area contributed by atoms with Gasteiger partial charge in [-0.2, -0.15) is 0 Å². The van der Waals surface area contributed by atoms with Crippen LogP contribution in [0.15, 0.2) is 30.3 Å². The molecule has 6 heteroatoms. The highest BCUT2D eigenvalue weighted by atomic mass is 32.2. The highest BCUT2D eigenvalue weighted by Crippen LogP contribution is 2.26.